The Morgan fingerprint density at radius 3 is 2.36 bits per heavy atom. The van der Waals surface area contributed by atoms with Gasteiger partial charge >= 0.3 is 12.3 Å². The zero-order valence-electron chi connectivity index (χ0n) is 14.9. The van der Waals surface area contributed by atoms with Gasteiger partial charge in [-0.05, 0) is 23.8 Å². The predicted octanol–water partition coefficient (Wildman–Crippen LogP) is 3.20. The molecule has 6 nitrogen and oxygen atoms in total. The first kappa shape index (κ1) is 21.2. The van der Waals surface area contributed by atoms with Crippen LogP contribution < -0.4 is 10.1 Å². The molecule has 0 aromatic heterocycles. The maximum atomic E-state index is 12.4. The van der Waals surface area contributed by atoms with Gasteiger partial charge in [0.2, 0.25) is 0 Å². The number of halogens is 3. The third kappa shape index (κ3) is 6.92. The van der Waals surface area contributed by atoms with E-state index in [0.717, 1.165) is 11.6 Å². The number of carbonyl (C=O) groups is 2. The second-order valence-corrected chi connectivity index (χ2v) is 5.64. The number of alkyl halides is 3. The van der Waals surface area contributed by atoms with Gasteiger partial charge in [0.15, 0.2) is 6.61 Å². The second-order valence-electron chi connectivity index (χ2n) is 5.64. The number of nitrogens with one attached hydrogen (secondary N) is 1. The maximum Gasteiger partial charge on any atom is 0.573 e. The van der Waals surface area contributed by atoms with Crippen LogP contribution in [0.5, 0.6) is 5.75 Å². The highest BCUT2D eigenvalue weighted by atomic mass is 19.4. The molecule has 2 aromatic rings. The molecule has 0 bridgehead atoms. The first-order valence-corrected chi connectivity index (χ1v) is 8.14. The summed E-state index contributed by atoms with van der Waals surface area (Å²) in [6.07, 6.45) is -4.84. The van der Waals surface area contributed by atoms with Gasteiger partial charge in [0.05, 0.1) is 12.2 Å². The SMILES string of the molecule is COCc1ccc(C(=O)OCC(=O)NCc2ccccc2OC(F)(F)F)cc1. The molecule has 0 fully saturated rings. The lowest BCUT2D eigenvalue weighted by Gasteiger charge is -2.13. The minimum Gasteiger partial charge on any atom is -0.452 e. The smallest absolute Gasteiger partial charge is 0.452 e. The van der Waals surface area contributed by atoms with Crippen molar-refractivity contribution < 1.29 is 37.0 Å². The van der Waals surface area contributed by atoms with E-state index in [2.05, 4.69) is 10.1 Å². The molecule has 2 rings (SSSR count). The van der Waals surface area contributed by atoms with Crippen LogP contribution in [0.2, 0.25) is 0 Å². The van der Waals surface area contributed by atoms with Gasteiger partial charge in [-0.2, -0.15) is 0 Å². The van der Waals surface area contributed by atoms with E-state index in [4.69, 9.17) is 9.47 Å². The molecule has 1 amide bonds. The van der Waals surface area contributed by atoms with Gasteiger partial charge in [0.25, 0.3) is 5.91 Å². The average molecular weight is 397 g/mol. The zero-order valence-corrected chi connectivity index (χ0v) is 14.9. The monoisotopic (exact) mass is 397 g/mol. The summed E-state index contributed by atoms with van der Waals surface area (Å²) >= 11 is 0. The highest BCUT2D eigenvalue weighted by molar-refractivity contribution is 5.91. The molecule has 0 aliphatic heterocycles. The molecular weight excluding hydrogens is 379 g/mol. The Morgan fingerprint density at radius 2 is 1.71 bits per heavy atom. The summed E-state index contributed by atoms with van der Waals surface area (Å²) in [5.41, 5.74) is 1.27. The first-order valence-electron chi connectivity index (χ1n) is 8.14. The van der Waals surface area contributed by atoms with E-state index in [-0.39, 0.29) is 17.7 Å². The van der Waals surface area contributed by atoms with E-state index in [0.29, 0.717) is 6.61 Å². The number of hydrogen-bond acceptors (Lipinski definition) is 5. The molecule has 0 aliphatic rings. The van der Waals surface area contributed by atoms with Crippen LogP contribution in [0.4, 0.5) is 13.2 Å². The standard InChI is InChI=1S/C19H18F3NO5/c1-26-11-13-6-8-14(9-7-13)18(25)27-12-17(24)23-10-15-4-2-3-5-16(15)28-19(20,21)22/h2-9H,10-12H2,1H3,(H,23,24). The molecule has 0 saturated carbocycles. The third-order valence-electron chi connectivity index (χ3n) is 3.51. The molecule has 28 heavy (non-hydrogen) atoms. The normalized spacial score (nSPS) is 11.0. The maximum absolute atomic E-state index is 12.4. The van der Waals surface area contributed by atoms with Crippen LogP contribution >= 0.6 is 0 Å². The molecule has 0 aliphatic carbocycles. The van der Waals surface area contributed by atoms with Crippen molar-refractivity contribution >= 4 is 11.9 Å². The fourth-order valence-electron chi connectivity index (χ4n) is 2.24. The second kappa shape index (κ2) is 9.75. The van der Waals surface area contributed by atoms with E-state index < -0.39 is 30.6 Å². The number of hydrogen-bond donors (Lipinski definition) is 1. The van der Waals surface area contributed by atoms with Crippen LogP contribution in [0.1, 0.15) is 21.5 Å². The quantitative estimate of drug-likeness (QED) is 0.693. The lowest BCUT2D eigenvalue weighted by Crippen LogP contribution is -2.29. The number of rotatable bonds is 8. The van der Waals surface area contributed by atoms with Crippen molar-refractivity contribution in [2.24, 2.45) is 0 Å². The number of amides is 1. The lowest BCUT2D eigenvalue weighted by molar-refractivity contribution is -0.274. The highest BCUT2D eigenvalue weighted by Crippen LogP contribution is 2.26. The molecule has 1 N–H and O–H groups in total. The fourth-order valence-corrected chi connectivity index (χ4v) is 2.24. The molecule has 0 heterocycles. The number of para-hydroxylation sites is 1. The number of methoxy groups -OCH3 is 1. The van der Waals surface area contributed by atoms with Crippen LogP contribution in [-0.2, 0) is 27.4 Å². The van der Waals surface area contributed by atoms with Crippen molar-refractivity contribution in [2.75, 3.05) is 13.7 Å². The first-order chi connectivity index (χ1) is 13.3. The molecule has 0 unspecified atom stereocenters. The average Bonchev–Trinajstić information content (AvgIpc) is 2.65. The molecule has 0 atom stereocenters. The number of carbonyl (C=O) groups excluding carboxylic acids is 2. The summed E-state index contributed by atoms with van der Waals surface area (Å²) in [6.45, 7) is -0.382. The molecule has 2 aromatic carbocycles. The van der Waals surface area contributed by atoms with Gasteiger partial charge < -0.3 is 19.5 Å². The number of ether oxygens (including phenoxy) is 3. The summed E-state index contributed by atoms with van der Waals surface area (Å²) in [5.74, 6) is -1.77. The van der Waals surface area contributed by atoms with E-state index in [9.17, 15) is 22.8 Å². The third-order valence-corrected chi connectivity index (χ3v) is 3.51. The summed E-state index contributed by atoms with van der Waals surface area (Å²) in [5, 5.41) is 2.38. The van der Waals surface area contributed by atoms with Gasteiger partial charge in [-0.25, -0.2) is 4.79 Å². The van der Waals surface area contributed by atoms with Gasteiger partial charge in [-0.3, -0.25) is 4.79 Å². The van der Waals surface area contributed by atoms with E-state index in [1.54, 1.807) is 31.4 Å². The van der Waals surface area contributed by atoms with Crippen molar-refractivity contribution in [2.45, 2.75) is 19.5 Å². The molecule has 0 spiro atoms. The van der Waals surface area contributed by atoms with Crippen LogP contribution in [0.25, 0.3) is 0 Å². The summed E-state index contributed by atoms with van der Waals surface area (Å²) in [7, 11) is 1.55. The minimum atomic E-state index is -4.84. The van der Waals surface area contributed by atoms with Crippen molar-refractivity contribution in [3.8, 4) is 5.75 Å². The Balaban J connectivity index is 1.84. The summed E-state index contributed by atoms with van der Waals surface area (Å²) in [4.78, 5) is 23.7. The molecule has 0 radical (unpaired) electrons. The Kier molecular flexibility index (Phi) is 7.39. The van der Waals surface area contributed by atoms with Crippen molar-refractivity contribution in [3.05, 3.63) is 65.2 Å². The Labute approximate surface area is 159 Å². The van der Waals surface area contributed by atoms with Gasteiger partial charge in [-0.1, -0.05) is 30.3 Å². The molecule has 0 saturated heterocycles. The van der Waals surface area contributed by atoms with Crippen molar-refractivity contribution in [1.82, 2.24) is 5.32 Å². The largest absolute Gasteiger partial charge is 0.573 e. The van der Waals surface area contributed by atoms with Crippen LogP contribution in [0, 0.1) is 0 Å². The molecule has 9 heteroatoms. The number of esters is 1. The van der Waals surface area contributed by atoms with E-state index >= 15 is 0 Å². The zero-order chi connectivity index (χ0) is 20.6. The van der Waals surface area contributed by atoms with Crippen LogP contribution in [0.15, 0.2) is 48.5 Å². The topological polar surface area (TPSA) is 73.9 Å². The molecular formula is C19H18F3NO5. The Hall–Kier alpha value is -3.07. The lowest BCUT2D eigenvalue weighted by atomic mass is 10.1. The Morgan fingerprint density at radius 1 is 1.04 bits per heavy atom. The molecule has 150 valence electrons. The minimum absolute atomic E-state index is 0.133. The van der Waals surface area contributed by atoms with Gasteiger partial charge in [0, 0.05) is 19.2 Å². The van der Waals surface area contributed by atoms with E-state index in [1.807, 2.05) is 0 Å². The Bertz CT molecular complexity index is 806. The summed E-state index contributed by atoms with van der Waals surface area (Å²) < 4.78 is 50.9. The van der Waals surface area contributed by atoms with Crippen LogP contribution in [0.3, 0.4) is 0 Å². The highest BCUT2D eigenvalue weighted by Gasteiger charge is 2.32. The van der Waals surface area contributed by atoms with Crippen molar-refractivity contribution in [1.29, 1.82) is 0 Å². The summed E-state index contributed by atoms with van der Waals surface area (Å²) in [6, 6.07) is 11.9. The van der Waals surface area contributed by atoms with E-state index in [1.165, 1.54) is 18.2 Å². The van der Waals surface area contributed by atoms with Gasteiger partial charge in [-0.15, -0.1) is 13.2 Å². The van der Waals surface area contributed by atoms with Gasteiger partial charge in [0.1, 0.15) is 5.75 Å². The van der Waals surface area contributed by atoms with Crippen molar-refractivity contribution in [3.63, 3.8) is 0 Å². The van der Waals surface area contributed by atoms with Crippen LogP contribution in [-0.4, -0.2) is 32.0 Å². The predicted molar refractivity (Wildman–Crippen MR) is 92.4 cm³/mol. The number of benzene rings is 2. The fraction of sp³-hybridized carbons (Fsp3) is 0.263.